The van der Waals surface area contributed by atoms with Gasteiger partial charge in [-0.1, -0.05) is 25.4 Å². The van der Waals surface area contributed by atoms with Crippen molar-refractivity contribution in [2.75, 3.05) is 6.26 Å². The Labute approximate surface area is 100 Å². The molecule has 1 unspecified atom stereocenters. The molecule has 0 aliphatic carbocycles. The molecule has 0 amide bonds. The number of hydrogen-bond donors (Lipinski definition) is 0. The molecule has 90 valence electrons. The van der Waals surface area contributed by atoms with Gasteiger partial charge < -0.3 is 0 Å². The molecular formula is C10H14ClNO3S. The summed E-state index contributed by atoms with van der Waals surface area (Å²) in [6.45, 7) is 4.00. The van der Waals surface area contributed by atoms with Crippen LogP contribution in [0.4, 0.5) is 5.69 Å². The summed E-state index contributed by atoms with van der Waals surface area (Å²) < 4.78 is 11.5. The summed E-state index contributed by atoms with van der Waals surface area (Å²) >= 11 is 5.59. The molecular weight excluding hydrogens is 250 g/mol. The first-order chi connectivity index (χ1) is 7.32. The largest absolute Gasteiger partial charge is 0.289 e. The predicted octanol–water partition coefficient (Wildman–Crippen LogP) is 2.98. The fraction of sp³-hybridized carbons (Fsp3) is 0.300. The Morgan fingerprint density at radius 2 is 1.94 bits per heavy atom. The highest BCUT2D eigenvalue weighted by molar-refractivity contribution is 7.99. The van der Waals surface area contributed by atoms with Crippen molar-refractivity contribution in [3.05, 3.63) is 33.3 Å². The van der Waals surface area contributed by atoms with Crippen molar-refractivity contribution in [3.8, 4) is 0 Å². The molecule has 4 nitrogen and oxygen atoms in total. The lowest BCUT2D eigenvalue weighted by Crippen LogP contribution is -1.98. The van der Waals surface area contributed by atoms with E-state index in [1.165, 1.54) is 24.5 Å². The minimum absolute atomic E-state index is 0.0300. The van der Waals surface area contributed by atoms with Gasteiger partial charge >= 0.3 is 0 Å². The molecule has 1 aromatic rings. The van der Waals surface area contributed by atoms with Gasteiger partial charge in [-0.25, -0.2) is 0 Å². The van der Waals surface area contributed by atoms with E-state index in [9.17, 15) is 14.3 Å². The van der Waals surface area contributed by atoms with Crippen LogP contribution in [0.25, 0.3) is 0 Å². The molecule has 0 saturated heterocycles. The number of benzene rings is 1. The van der Waals surface area contributed by atoms with Crippen LogP contribution in [0.15, 0.2) is 23.1 Å². The van der Waals surface area contributed by atoms with Gasteiger partial charge in [-0.2, -0.15) is 0 Å². The van der Waals surface area contributed by atoms with Crippen LogP contribution in [0.5, 0.6) is 0 Å². The van der Waals surface area contributed by atoms with Gasteiger partial charge in [0.2, 0.25) is 0 Å². The Kier molecular flexibility index (Phi) is 5.47. The molecule has 0 aromatic heterocycles. The van der Waals surface area contributed by atoms with Crippen LogP contribution in [-0.2, 0) is 9.52 Å². The van der Waals surface area contributed by atoms with Crippen molar-refractivity contribution in [2.45, 2.75) is 18.7 Å². The lowest BCUT2D eigenvalue weighted by molar-refractivity contribution is -0.384. The van der Waals surface area contributed by atoms with Gasteiger partial charge in [0.1, 0.15) is 5.02 Å². The third-order valence-corrected chi connectivity index (χ3v) is 3.18. The number of hydrogen-bond acceptors (Lipinski definition) is 3. The summed E-state index contributed by atoms with van der Waals surface area (Å²) in [7, 11) is -2.44. The van der Waals surface area contributed by atoms with E-state index < -0.39 is 14.4 Å². The van der Waals surface area contributed by atoms with Gasteiger partial charge in [-0.15, -0.1) is 0 Å². The average molecular weight is 264 g/mol. The quantitative estimate of drug-likeness (QED) is 0.468. The molecule has 0 N–H and O–H groups in total. The van der Waals surface area contributed by atoms with Crippen LogP contribution in [0.3, 0.4) is 0 Å². The van der Waals surface area contributed by atoms with Crippen LogP contribution >= 0.6 is 11.6 Å². The second kappa shape index (κ2) is 5.86. The van der Waals surface area contributed by atoms with E-state index in [-0.39, 0.29) is 10.7 Å². The molecule has 0 aliphatic rings. The van der Waals surface area contributed by atoms with Gasteiger partial charge in [0, 0.05) is 17.2 Å². The Bertz CT molecular complexity index is 483. The molecule has 0 fully saturated rings. The van der Waals surface area contributed by atoms with Gasteiger partial charge in [0.05, 0.1) is 4.92 Å². The molecule has 6 heteroatoms. The molecule has 0 bridgehead atoms. The molecule has 0 saturated carbocycles. The number of nitro benzene ring substituents is 1. The zero-order valence-electron chi connectivity index (χ0n) is 9.40. The van der Waals surface area contributed by atoms with E-state index in [0.29, 0.717) is 4.90 Å². The van der Waals surface area contributed by atoms with E-state index in [1.807, 2.05) is 13.8 Å². The summed E-state index contributed by atoms with van der Waals surface area (Å²) in [5, 5.41) is 10.5. The molecule has 1 atom stereocenters. The van der Waals surface area contributed by atoms with Crippen molar-refractivity contribution >= 4 is 32.7 Å². The molecule has 0 aliphatic heterocycles. The third-order valence-electron chi connectivity index (χ3n) is 1.61. The Balaban J connectivity index is 0.00000106. The first kappa shape index (κ1) is 14.9. The predicted molar refractivity (Wildman–Crippen MR) is 68.9 cm³/mol. The number of nitrogens with zero attached hydrogens (tertiary/aromatic N) is 1. The number of nitro groups is 1. The van der Waals surface area contributed by atoms with Gasteiger partial charge in [0.25, 0.3) is 5.69 Å². The highest BCUT2D eigenvalue weighted by Gasteiger charge is 2.14. The fourth-order valence-electron chi connectivity index (χ4n) is 0.901. The summed E-state index contributed by atoms with van der Waals surface area (Å²) in [4.78, 5) is 10.2. The van der Waals surface area contributed by atoms with Gasteiger partial charge in [-0.05, 0) is 27.5 Å². The van der Waals surface area contributed by atoms with Gasteiger partial charge in [-0.3, -0.25) is 14.3 Å². The maximum Gasteiger partial charge on any atom is 0.289 e. The standard InChI is InChI=1S/C8H8ClNO3S.C2H6/c1-14(2,13)6-3-4-7(9)8(5-6)10(11)12;1-2/h3-5H,1H2,2H3;1-2H3. The first-order valence-corrected chi connectivity index (χ1v) is 7.10. The van der Waals surface area contributed by atoms with Crippen molar-refractivity contribution in [2.24, 2.45) is 0 Å². The van der Waals surface area contributed by atoms with Crippen molar-refractivity contribution in [1.82, 2.24) is 0 Å². The second-order valence-electron chi connectivity index (χ2n) is 2.88. The third kappa shape index (κ3) is 3.83. The van der Waals surface area contributed by atoms with E-state index in [1.54, 1.807) is 0 Å². The summed E-state index contributed by atoms with van der Waals surface area (Å²) in [6, 6.07) is 4.02. The van der Waals surface area contributed by atoms with Crippen LogP contribution < -0.4 is 0 Å². The normalized spacial score (nSPS) is 13.2. The Hall–Kier alpha value is -1.07. The topological polar surface area (TPSA) is 60.2 Å². The minimum atomic E-state index is -2.44. The molecule has 0 heterocycles. The minimum Gasteiger partial charge on any atom is -0.263 e. The van der Waals surface area contributed by atoms with E-state index in [4.69, 9.17) is 11.6 Å². The molecule has 1 rings (SSSR count). The molecule has 0 radical (unpaired) electrons. The van der Waals surface area contributed by atoms with Crippen molar-refractivity contribution in [3.63, 3.8) is 0 Å². The molecule has 16 heavy (non-hydrogen) atoms. The smallest absolute Gasteiger partial charge is 0.263 e. The maximum atomic E-state index is 11.5. The number of halogens is 1. The maximum absolute atomic E-state index is 11.5. The molecule has 0 spiro atoms. The van der Waals surface area contributed by atoms with Crippen LogP contribution in [-0.4, -0.2) is 21.3 Å². The van der Waals surface area contributed by atoms with E-state index in [2.05, 4.69) is 5.87 Å². The summed E-state index contributed by atoms with van der Waals surface area (Å²) in [6.07, 6.45) is 1.42. The van der Waals surface area contributed by atoms with Crippen LogP contribution in [0.2, 0.25) is 5.02 Å². The monoisotopic (exact) mass is 263 g/mol. The van der Waals surface area contributed by atoms with Crippen LogP contribution in [0, 0.1) is 10.1 Å². The lowest BCUT2D eigenvalue weighted by Gasteiger charge is -2.02. The van der Waals surface area contributed by atoms with Gasteiger partial charge in [0.15, 0.2) is 0 Å². The zero-order chi connectivity index (χ0) is 12.9. The van der Waals surface area contributed by atoms with E-state index >= 15 is 0 Å². The number of rotatable bonds is 2. The highest BCUT2D eigenvalue weighted by atomic mass is 35.5. The highest BCUT2D eigenvalue weighted by Crippen LogP contribution is 2.26. The summed E-state index contributed by atoms with van der Waals surface area (Å²) in [5.41, 5.74) is -0.248. The van der Waals surface area contributed by atoms with Crippen molar-refractivity contribution < 1.29 is 9.13 Å². The van der Waals surface area contributed by atoms with E-state index in [0.717, 1.165) is 0 Å². The SMILES string of the molecule is C=S(C)(=O)c1ccc(Cl)c([N+](=O)[O-])c1.CC. The van der Waals surface area contributed by atoms with Crippen LogP contribution in [0.1, 0.15) is 13.8 Å². The Morgan fingerprint density at radius 3 is 2.31 bits per heavy atom. The second-order valence-corrected chi connectivity index (χ2v) is 5.76. The first-order valence-electron chi connectivity index (χ1n) is 4.58. The summed E-state index contributed by atoms with van der Waals surface area (Å²) in [5.74, 6) is 3.43. The average Bonchev–Trinajstić information content (AvgIpc) is 2.19. The fourth-order valence-corrected chi connectivity index (χ4v) is 1.80. The van der Waals surface area contributed by atoms with Crippen molar-refractivity contribution in [1.29, 1.82) is 0 Å². The lowest BCUT2D eigenvalue weighted by atomic mass is 10.3. The molecule has 1 aromatic carbocycles. The Morgan fingerprint density at radius 1 is 1.44 bits per heavy atom. The zero-order valence-corrected chi connectivity index (χ0v) is 11.0.